The average molecular weight is 326 g/mol. The summed E-state index contributed by atoms with van der Waals surface area (Å²) in [5.74, 6) is 1.64. The van der Waals surface area contributed by atoms with Crippen molar-refractivity contribution in [3.63, 3.8) is 0 Å². The lowest BCUT2D eigenvalue weighted by molar-refractivity contribution is -0.134. The van der Waals surface area contributed by atoms with Crippen LogP contribution in [0.25, 0.3) is 11.0 Å². The third kappa shape index (κ3) is 2.56. The zero-order valence-corrected chi connectivity index (χ0v) is 14.1. The van der Waals surface area contributed by atoms with Crippen LogP contribution in [0, 0.1) is 12.8 Å². The Bertz CT molecular complexity index is 812. The summed E-state index contributed by atoms with van der Waals surface area (Å²) < 4.78 is 0. The number of likely N-dealkylation sites (N-methyl/N-ethyl adjacent to an activating group) is 1. The van der Waals surface area contributed by atoms with Gasteiger partial charge in [-0.1, -0.05) is 6.07 Å². The summed E-state index contributed by atoms with van der Waals surface area (Å²) in [6.45, 7) is 3.35. The van der Waals surface area contributed by atoms with E-state index in [-0.39, 0.29) is 17.9 Å². The molecule has 1 aromatic heterocycles. The number of carbonyl (C=O) groups excluding carboxylic acids is 2. The van der Waals surface area contributed by atoms with Gasteiger partial charge in [0.05, 0.1) is 23.5 Å². The zero-order chi connectivity index (χ0) is 16.8. The quantitative estimate of drug-likeness (QED) is 0.909. The molecule has 126 valence electrons. The van der Waals surface area contributed by atoms with Crippen molar-refractivity contribution >= 4 is 22.8 Å². The molecule has 2 atom stereocenters. The van der Waals surface area contributed by atoms with Gasteiger partial charge in [0, 0.05) is 26.6 Å². The molecule has 2 amide bonds. The maximum atomic E-state index is 12.7. The third-order valence-corrected chi connectivity index (χ3v) is 5.42. The number of aromatic nitrogens is 2. The van der Waals surface area contributed by atoms with Gasteiger partial charge < -0.3 is 14.8 Å². The summed E-state index contributed by atoms with van der Waals surface area (Å²) in [6.07, 6.45) is 1.95. The molecule has 2 aliphatic heterocycles. The fourth-order valence-corrected chi connectivity index (χ4v) is 4.02. The molecule has 0 saturated carbocycles. The molecule has 6 nitrogen and oxygen atoms in total. The first-order chi connectivity index (χ1) is 11.5. The maximum Gasteiger partial charge on any atom is 0.227 e. The average Bonchev–Trinajstić information content (AvgIpc) is 3.06. The number of rotatable bonds is 2. The summed E-state index contributed by atoms with van der Waals surface area (Å²) in [6, 6.07) is 6.12. The molecule has 2 fully saturated rings. The molecule has 6 heteroatoms. The summed E-state index contributed by atoms with van der Waals surface area (Å²) in [4.78, 5) is 35.9. The molecular weight excluding hydrogens is 304 g/mol. The Morgan fingerprint density at radius 3 is 3.08 bits per heavy atom. The van der Waals surface area contributed by atoms with Gasteiger partial charge >= 0.3 is 0 Å². The molecule has 3 heterocycles. The van der Waals surface area contributed by atoms with E-state index in [0.29, 0.717) is 25.3 Å². The largest absolute Gasteiger partial charge is 0.342 e. The lowest BCUT2D eigenvalue weighted by Crippen LogP contribution is -2.49. The van der Waals surface area contributed by atoms with Crippen LogP contribution in [0.3, 0.4) is 0 Å². The number of nitrogens with one attached hydrogen (secondary N) is 1. The second-order valence-corrected chi connectivity index (χ2v) is 7.02. The van der Waals surface area contributed by atoms with Crippen LogP contribution < -0.4 is 0 Å². The summed E-state index contributed by atoms with van der Waals surface area (Å²) in [5.41, 5.74) is 2.89. The van der Waals surface area contributed by atoms with E-state index in [1.54, 1.807) is 0 Å². The SMILES string of the molecule is Cc1nc2ccc(CC(=O)N3CC[C@@H]4CC(=O)N(C)[C@@H]4C3)cc2[nH]1. The number of aryl methyl sites for hydroxylation is 1. The van der Waals surface area contributed by atoms with E-state index in [9.17, 15) is 9.59 Å². The number of aromatic amines is 1. The number of piperidine rings is 1. The highest BCUT2D eigenvalue weighted by molar-refractivity contribution is 5.83. The van der Waals surface area contributed by atoms with Crippen molar-refractivity contribution in [2.24, 2.45) is 5.92 Å². The molecule has 2 aromatic rings. The van der Waals surface area contributed by atoms with Crippen LogP contribution in [0.2, 0.25) is 0 Å². The van der Waals surface area contributed by atoms with Crippen molar-refractivity contribution in [3.8, 4) is 0 Å². The first-order valence-corrected chi connectivity index (χ1v) is 8.50. The number of imidazole rings is 1. The molecule has 2 saturated heterocycles. The molecule has 4 rings (SSSR count). The molecule has 1 N–H and O–H groups in total. The Morgan fingerprint density at radius 2 is 2.25 bits per heavy atom. The zero-order valence-electron chi connectivity index (χ0n) is 14.1. The first-order valence-electron chi connectivity index (χ1n) is 8.50. The fourth-order valence-electron chi connectivity index (χ4n) is 4.02. The van der Waals surface area contributed by atoms with Crippen LogP contribution in [-0.4, -0.2) is 57.8 Å². The van der Waals surface area contributed by atoms with Crippen molar-refractivity contribution < 1.29 is 9.59 Å². The molecule has 0 spiro atoms. The van der Waals surface area contributed by atoms with Gasteiger partial charge in [-0.15, -0.1) is 0 Å². The highest BCUT2D eigenvalue weighted by Crippen LogP contribution is 2.31. The third-order valence-electron chi connectivity index (χ3n) is 5.42. The van der Waals surface area contributed by atoms with Crippen LogP contribution in [0.15, 0.2) is 18.2 Å². The Balaban J connectivity index is 1.46. The van der Waals surface area contributed by atoms with Gasteiger partial charge in [-0.3, -0.25) is 9.59 Å². The summed E-state index contributed by atoms with van der Waals surface area (Å²) >= 11 is 0. The van der Waals surface area contributed by atoms with E-state index in [2.05, 4.69) is 9.97 Å². The lowest BCUT2D eigenvalue weighted by atomic mass is 9.92. The number of nitrogens with zero attached hydrogens (tertiary/aromatic N) is 3. The molecule has 0 radical (unpaired) electrons. The Hall–Kier alpha value is -2.37. The number of carbonyl (C=O) groups is 2. The van der Waals surface area contributed by atoms with Gasteiger partial charge in [-0.25, -0.2) is 4.98 Å². The van der Waals surface area contributed by atoms with Crippen molar-refractivity contribution in [2.75, 3.05) is 20.1 Å². The van der Waals surface area contributed by atoms with Gasteiger partial charge in [-0.2, -0.15) is 0 Å². The van der Waals surface area contributed by atoms with Crippen molar-refractivity contribution in [1.29, 1.82) is 0 Å². The summed E-state index contributed by atoms with van der Waals surface area (Å²) in [7, 11) is 1.86. The van der Waals surface area contributed by atoms with E-state index in [1.165, 1.54) is 0 Å². The Kier molecular flexibility index (Phi) is 3.55. The summed E-state index contributed by atoms with van der Waals surface area (Å²) in [5, 5.41) is 0. The second-order valence-electron chi connectivity index (χ2n) is 7.02. The van der Waals surface area contributed by atoms with Gasteiger partial charge in [0.15, 0.2) is 0 Å². The number of benzene rings is 1. The minimum absolute atomic E-state index is 0.136. The van der Waals surface area contributed by atoms with E-state index in [0.717, 1.165) is 35.4 Å². The minimum Gasteiger partial charge on any atom is -0.342 e. The topological polar surface area (TPSA) is 69.3 Å². The smallest absolute Gasteiger partial charge is 0.227 e. The monoisotopic (exact) mass is 326 g/mol. The molecule has 1 aromatic carbocycles. The minimum atomic E-state index is 0.136. The number of fused-ring (bicyclic) bond motifs is 2. The number of amides is 2. The van der Waals surface area contributed by atoms with Crippen molar-refractivity contribution in [1.82, 2.24) is 19.8 Å². The molecule has 24 heavy (non-hydrogen) atoms. The highest BCUT2D eigenvalue weighted by atomic mass is 16.2. The van der Waals surface area contributed by atoms with Gasteiger partial charge in [0.1, 0.15) is 5.82 Å². The molecule has 2 aliphatic rings. The standard InChI is InChI=1S/C18H22N4O2/c1-11-19-14-4-3-12(7-15(14)20-11)8-18(24)22-6-5-13-9-17(23)21(2)16(13)10-22/h3-4,7,13,16H,5-6,8-10H2,1-2H3,(H,19,20)/t13-,16-/m1/s1. The molecule has 0 aliphatic carbocycles. The van der Waals surface area contributed by atoms with E-state index in [1.807, 2.05) is 42.0 Å². The predicted molar refractivity (Wildman–Crippen MR) is 90.4 cm³/mol. The second kappa shape index (κ2) is 5.61. The van der Waals surface area contributed by atoms with Gasteiger partial charge in [-0.05, 0) is 37.0 Å². The number of hydrogen-bond acceptors (Lipinski definition) is 3. The van der Waals surface area contributed by atoms with Crippen LogP contribution in [-0.2, 0) is 16.0 Å². The van der Waals surface area contributed by atoms with Crippen molar-refractivity contribution in [3.05, 3.63) is 29.6 Å². The van der Waals surface area contributed by atoms with E-state index in [4.69, 9.17) is 0 Å². The first kappa shape index (κ1) is 15.2. The van der Waals surface area contributed by atoms with Gasteiger partial charge in [0.2, 0.25) is 11.8 Å². The van der Waals surface area contributed by atoms with Crippen LogP contribution in [0.4, 0.5) is 0 Å². The van der Waals surface area contributed by atoms with Gasteiger partial charge in [0.25, 0.3) is 0 Å². The fraction of sp³-hybridized carbons (Fsp3) is 0.500. The lowest BCUT2D eigenvalue weighted by Gasteiger charge is -2.37. The van der Waals surface area contributed by atoms with E-state index < -0.39 is 0 Å². The van der Waals surface area contributed by atoms with Crippen LogP contribution >= 0.6 is 0 Å². The van der Waals surface area contributed by atoms with E-state index >= 15 is 0 Å². The molecule has 0 bridgehead atoms. The number of likely N-dealkylation sites (tertiary alicyclic amines) is 2. The van der Waals surface area contributed by atoms with Crippen LogP contribution in [0.1, 0.15) is 24.2 Å². The van der Waals surface area contributed by atoms with Crippen LogP contribution in [0.5, 0.6) is 0 Å². The number of hydrogen-bond donors (Lipinski definition) is 1. The highest BCUT2D eigenvalue weighted by Gasteiger charge is 2.41. The Labute approximate surface area is 140 Å². The predicted octanol–water partition coefficient (Wildman–Crippen LogP) is 1.49. The molecule has 0 unspecified atom stereocenters. The normalized spacial score (nSPS) is 23.8. The number of H-pyrrole nitrogens is 1. The maximum absolute atomic E-state index is 12.7. The Morgan fingerprint density at radius 1 is 1.42 bits per heavy atom. The molecular formula is C18H22N4O2. The van der Waals surface area contributed by atoms with Crippen molar-refractivity contribution in [2.45, 2.75) is 32.2 Å².